The van der Waals surface area contributed by atoms with Gasteiger partial charge in [0, 0.05) is 65.9 Å². The highest BCUT2D eigenvalue weighted by atomic mass is 16.3. The molecule has 0 spiro atoms. The summed E-state index contributed by atoms with van der Waals surface area (Å²) in [5.41, 5.74) is 14.4. The molecule has 290 valence electrons. The first-order valence-electron chi connectivity index (χ1n) is 21.1. The number of rotatable bonds is 6. The summed E-state index contributed by atoms with van der Waals surface area (Å²) in [4.78, 5) is 2.40. The van der Waals surface area contributed by atoms with Crippen molar-refractivity contribution >= 4 is 93.5 Å². The molecule has 0 fully saturated rings. The molecule has 3 aromatic heterocycles. The SMILES string of the molecule is c1cc(-c2cc(N(c3ccc(-c4cccc5c4oc4ccccc45)cc3)c3cccc4ccccc34)cc3c2oc2ccccc23)cc(-n2c3ccccc3c3ccccc32)c1. The van der Waals surface area contributed by atoms with Crippen LogP contribution in [0.5, 0.6) is 0 Å². The minimum atomic E-state index is 0.861. The molecule has 0 aliphatic carbocycles. The Kier molecular flexibility index (Phi) is 7.57. The third kappa shape index (κ3) is 5.27. The number of para-hydroxylation sites is 5. The minimum Gasteiger partial charge on any atom is -0.455 e. The van der Waals surface area contributed by atoms with Crippen molar-refractivity contribution in [1.82, 2.24) is 4.57 Å². The van der Waals surface area contributed by atoms with Crippen LogP contribution in [0.25, 0.3) is 104 Å². The van der Waals surface area contributed by atoms with E-state index in [2.05, 4.69) is 210 Å². The van der Waals surface area contributed by atoms with Gasteiger partial charge in [-0.15, -0.1) is 0 Å². The highest BCUT2D eigenvalue weighted by Gasteiger charge is 2.22. The average molecular weight is 793 g/mol. The Morgan fingerprint density at radius 3 is 1.65 bits per heavy atom. The molecule has 13 rings (SSSR count). The predicted molar refractivity (Wildman–Crippen MR) is 258 cm³/mol. The zero-order valence-corrected chi connectivity index (χ0v) is 33.5. The van der Waals surface area contributed by atoms with Gasteiger partial charge in [-0.05, 0) is 83.2 Å². The Hall–Kier alpha value is -8.34. The molecular formula is C58H36N2O2. The van der Waals surface area contributed by atoms with Crippen LogP contribution in [0.2, 0.25) is 0 Å². The summed E-state index contributed by atoms with van der Waals surface area (Å²) in [7, 11) is 0. The number of hydrogen-bond acceptors (Lipinski definition) is 3. The van der Waals surface area contributed by atoms with Crippen LogP contribution < -0.4 is 4.90 Å². The standard InChI is InChI=1S/C58H36N2O2/c1-2-18-43-37(14-1)15-12-27-52(43)59(40-32-30-38(31-33-40)44-23-13-24-49-47-21-5-9-28-55(47)61-57(44)49)42-35-50(58-51(36-42)48-22-6-10-29-56(48)62-58)39-16-11-17-41(34-39)60-53-25-7-3-19-45(53)46-20-4-8-26-54(46)60/h1-36H. The monoisotopic (exact) mass is 792 g/mol. The highest BCUT2D eigenvalue weighted by molar-refractivity contribution is 6.14. The van der Waals surface area contributed by atoms with Crippen molar-refractivity contribution in [3.8, 4) is 27.9 Å². The molecule has 62 heavy (non-hydrogen) atoms. The van der Waals surface area contributed by atoms with E-state index in [4.69, 9.17) is 8.83 Å². The first-order chi connectivity index (χ1) is 30.7. The van der Waals surface area contributed by atoms with Crippen molar-refractivity contribution in [1.29, 1.82) is 0 Å². The van der Waals surface area contributed by atoms with Crippen LogP contribution in [-0.2, 0) is 0 Å². The summed E-state index contributed by atoms with van der Waals surface area (Å²) in [6, 6.07) is 78.0. The summed E-state index contributed by atoms with van der Waals surface area (Å²) in [5.74, 6) is 0. The second-order valence-corrected chi connectivity index (χ2v) is 16.0. The average Bonchev–Trinajstić information content (AvgIpc) is 4.02. The lowest BCUT2D eigenvalue weighted by Gasteiger charge is -2.28. The van der Waals surface area contributed by atoms with Gasteiger partial charge in [0.25, 0.3) is 0 Å². The van der Waals surface area contributed by atoms with Crippen molar-refractivity contribution in [2.45, 2.75) is 0 Å². The molecule has 13 aromatic rings. The summed E-state index contributed by atoms with van der Waals surface area (Å²) in [6.07, 6.45) is 0. The molecule has 0 amide bonds. The molecule has 0 N–H and O–H groups in total. The van der Waals surface area contributed by atoms with Gasteiger partial charge in [-0.25, -0.2) is 0 Å². The molecule has 0 saturated heterocycles. The topological polar surface area (TPSA) is 34.5 Å². The van der Waals surface area contributed by atoms with E-state index < -0.39 is 0 Å². The molecule has 10 aromatic carbocycles. The van der Waals surface area contributed by atoms with Crippen LogP contribution in [0.3, 0.4) is 0 Å². The molecule has 4 nitrogen and oxygen atoms in total. The van der Waals surface area contributed by atoms with Crippen LogP contribution in [-0.4, -0.2) is 4.57 Å². The molecule has 0 aliphatic heterocycles. The lowest BCUT2D eigenvalue weighted by atomic mass is 9.98. The second kappa shape index (κ2) is 13.6. The molecular weight excluding hydrogens is 757 g/mol. The number of anilines is 3. The van der Waals surface area contributed by atoms with Gasteiger partial charge in [0.2, 0.25) is 0 Å². The van der Waals surface area contributed by atoms with Gasteiger partial charge in [0.1, 0.15) is 22.3 Å². The van der Waals surface area contributed by atoms with E-state index in [1.165, 1.54) is 27.2 Å². The van der Waals surface area contributed by atoms with Gasteiger partial charge in [0.15, 0.2) is 0 Å². The first kappa shape index (κ1) is 34.5. The normalized spacial score (nSPS) is 11.9. The van der Waals surface area contributed by atoms with E-state index in [0.717, 1.165) is 94.3 Å². The Labute approximate surface area is 356 Å². The van der Waals surface area contributed by atoms with E-state index in [1.807, 2.05) is 18.2 Å². The quantitative estimate of drug-likeness (QED) is 0.168. The minimum absolute atomic E-state index is 0.861. The largest absolute Gasteiger partial charge is 0.455 e. The van der Waals surface area contributed by atoms with Gasteiger partial charge in [-0.2, -0.15) is 0 Å². The maximum absolute atomic E-state index is 6.81. The van der Waals surface area contributed by atoms with E-state index >= 15 is 0 Å². The molecule has 0 aliphatic rings. The molecule has 0 saturated carbocycles. The number of fused-ring (bicyclic) bond motifs is 10. The van der Waals surface area contributed by atoms with Gasteiger partial charge < -0.3 is 18.3 Å². The number of nitrogens with zero attached hydrogens (tertiary/aromatic N) is 2. The second-order valence-electron chi connectivity index (χ2n) is 16.0. The van der Waals surface area contributed by atoms with Crippen LogP contribution in [0.15, 0.2) is 227 Å². The maximum Gasteiger partial charge on any atom is 0.143 e. The summed E-state index contributed by atoms with van der Waals surface area (Å²) < 4.78 is 15.7. The van der Waals surface area contributed by atoms with E-state index in [0.29, 0.717) is 0 Å². The van der Waals surface area contributed by atoms with E-state index in [9.17, 15) is 0 Å². The molecule has 0 bridgehead atoms. The molecule has 0 radical (unpaired) electrons. The third-order valence-corrected chi connectivity index (χ3v) is 12.6. The van der Waals surface area contributed by atoms with Crippen molar-refractivity contribution in [2.75, 3.05) is 4.90 Å². The van der Waals surface area contributed by atoms with Crippen molar-refractivity contribution in [2.24, 2.45) is 0 Å². The first-order valence-corrected chi connectivity index (χ1v) is 21.1. The van der Waals surface area contributed by atoms with Crippen molar-refractivity contribution in [3.05, 3.63) is 218 Å². The van der Waals surface area contributed by atoms with Crippen molar-refractivity contribution in [3.63, 3.8) is 0 Å². The van der Waals surface area contributed by atoms with Gasteiger partial charge in [0.05, 0.1) is 16.7 Å². The van der Waals surface area contributed by atoms with Crippen molar-refractivity contribution < 1.29 is 8.83 Å². The Balaban J connectivity index is 1.03. The molecule has 4 heteroatoms. The maximum atomic E-state index is 6.81. The number of furan rings is 2. The fourth-order valence-corrected chi connectivity index (χ4v) is 9.76. The summed E-state index contributed by atoms with van der Waals surface area (Å²) in [5, 5.41) is 9.21. The number of hydrogen-bond donors (Lipinski definition) is 0. The summed E-state index contributed by atoms with van der Waals surface area (Å²) in [6.45, 7) is 0. The third-order valence-electron chi connectivity index (χ3n) is 12.6. The Morgan fingerprint density at radius 2 is 0.903 bits per heavy atom. The van der Waals surface area contributed by atoms with Crippen LogP contribution in [0.4, 0.5) is 17.1 Å². The molecule has 0 unspecified atom stereocenters. The number of aromatic nitrogens is 1. The zero-order valence-electron chi connectivity index (χ0n) is 33.5. The van der Waals surface area contributed by atoms with E-state index in [1.54, 1.807) is 0 Å². The fraction of sp³-hybridized carbons (Fsp3) is 0. The summed E-state index contributed by atoms with van der Waals surface area (Å²) >= 11 is 0. The highest BCUT2D eigenvalue weighted by Crippen LogP contribution is 2.46. The van der Waals surface area contributed by atoms with Crippen LogP contribution >= 0.6 is 0 Å². The molecule has 0 atom stereocenters. The van der Waals surface area contributed by atoms with Crippen LogP contribution in [0.1, 0.15) is 0 Å². The zero-order chi connectivity index (χ0) is 40.7. The van der Waals surface area contributed by atoms with E-state index in [-0.39, 0.29) is 0 Å². The number of benzene rings is 10. The smallest absolute Gasteiger partial charge is 0.143 e. The molecule has 3 heterocycles. The van der Waals surface area contributed by atoms with Gasteiger partial charge in [-0.1, -0.05) is 152 Å². The Bertz CT molecular complexity index is 3830. The Morgan fingerprint density at radius 1 is 0.339 bits per heavy atom. The van der Waals surface area contributed by atoms with Gasteiger partial charge >= 0.3 is 0 Å². The van der Waals surface area contributed by atoms with Gasteiger partial charge in [-0.3, -0.25) is 0 Å². The predicted octanol–water partition coefficient (Wildman–Crippen LogP) is 16.5. The fourth-order valence-electron chi connectivity index (χ4n) is 9.76. The lowest BCUT2D eigenvalue weighted by molar-refractivity contribution is 0.669. The lowest BCUT2D eigenvalue weighted by Crippen LogP contribution is -2.10. The van der Waals surface area contributed by atoms with Crippen LogP contribution in [0, 0.1) is 0 Å².